The minimum atomic E-state index is -0.137. The molecule has 2 aromatic carbocycles. The van der Waals surface area contributed by atoms with Crippen LogP contribution in [0.3, 0.4) is 0 Å². The van der Waals surface area contributed by atoms with Gasteiger partial charge in [0.2, 0.25) is 0 Å². The van der Waals surface area contributed by atoms with Crippen LogP contribution in [-0.2, 0) is 0 Å². The third kappa shape index (κ3) is 3.17. The fraction of sp³-hybridized carbons (Fsp3) is 0.125. The zero-order valence-electron chi connectivity index (χ0n) is 10.8. The Morgan fingerprint density at radius 3 is 2.25 bits per heavy atom. The van der Waals surface area contributed by atoms with Gasteiger partial charge < -0.3 is 4.74 Å². The van der Waals surface area contributed by atoms with E-state index in [0.29, 0.717) is 16.9 Å². The van der Waals surface area contributed by atoms with Crippen LogP contribution in [0.1, 0.15) is 29.7 Å². The molecule has 0 aliphatic rings. The quantitative estimate of drug-likeness (QED) is 0.843. The summed E-state index contributed by atoms with van der Waals surface area (Å²) in [5.41, 5.74) is 1.72. The molecule has 4 heteroatoms. The Labute approximate surface area is 126 Å². The number of ether oxygens (including phenoxy) is 1. The molecular weight excluding hydrogens is 316 g/mol. The van der Waals surface area contributed by atoms with Crippen molar-refractivity contribution in [2.45, 2.75) is 13.0 Å². The molecule has 0 N–H and O–H groups in total. The van der Waals surface area contributed by atoms with Gasteiger partial charge in [-0.2, -0.15) is 10.5 Å². The number of rotatable bonds is 3. The van der Waals surface area contributed by atoms with E-state index in [4.69, 9.17) is 15.3 Å². The first kappa shape index (κ1) is 14.1. The van der Waals surface area contributed by atoms with E-state index >= 15 is 0 Å². The second-order valence-corrected chi connectivity index (χ2v) is 5.16. The van der Waals surface area contributed by atoms with E-state index < -0.39 is 0 Å². The molecule has 98 valence electrons. The second-order valence-electron chi connectivity index (χ2n) is 4.24. The van der Waals surface area contributed by atoms with Crippen molar-refractivity contribution in [3.05, 3.63) is 63.6 Å². The summed E-state index contributed by atoms with van der Waals surface area (Å²) in [4.78, 5) is 0. The first-order valence-corrected chi connectivity index (χ1v) is 6.79. The molecule has 1 atom stereocenters. The molecule has 2 rings (SSSR count). The van der Waals surface area contributed by atoms with E-state index in [9.17, 15) is 0 Å². The van der Waals surface area contributed by atoms with Crippen LogP contribution in [0.2, 0.25) is 0 Å². The minimum Gasteiger partial charge on any atom is -0.486 e. The van der Waals surface area contributed by atoms with Crippen molar-refractivity contribution in [1.82, 2.24) is 0 Å². The van der Waals surface area contributed by atoms with Gasteiger partial charge in [-0.1, -0.05) is 28.1 Å². The number of nitrogens with zero attached hydrogens (tertiary/aromatic N) is 2. The molecule has 2 aromatic rings. The topological polar surface area (TPSA) is 56.8 Å². The summed E-state index contributed by atoms with van der Waals surface area (Å²) < 4.78 is 6.82. The first-order valence-electron chi connectivity index (χ1n) is 6.00. The summed E-state index contributed by atoms with van der Waals surface area (Å²) in [5, 5.41) is 17.9. The lowest BCUT2D eigenvalue weighted by Crippen LogP contribution is -2.03. The molecular formula is C16H11BrN2O. The lowest BCUT2D eigenvalue weighted by molar-refractivity contribution is 0.227. The molecule has 0 amide bonds. The van der Waals surface area contributed by atoms with Crippen LogP contribution in [0.15, 0.2) is 46.9 Å². The SMILES string of the molecule is C[C@H](Oc1ccc(C#N)c(C#N)c1)c1ccc(Br)cc1. The maximum absolute atomic E-state index is 8.99. The number of benzene rings is 2. The smallest absolute Gasteiger partial charge is 0.121 e. The molecule has 0 fully saturated rings. The summed E-state index contributed by atoms with van der Waals surface area (Å²) in [7, 11) is 0. The second kappa shape index (κ2) is 6.23. The van der Waals surface area contributed by atoms with Gasteiger partial charge in [0.1, 0.15) is 24.0 Å². The Morgan fingerprint density at radius 2 is 1.65 bits per heavy atom. The van der Waals surface area contributed by atoms with E-state index in [2.05, 4.69) is 15.9 Å². The maximum Gasteiger partial charge on any atom is 0.121 e. The molecule has 0 heterocycles. The molecule has 0 spiro atoms. The highest BCUT2D eigenvalue weighted by molar-refractivity contribution is 9.10. The highest BCUT2D eigenvalue weighted by atomic mass is 79.9. The van der Waals surface area contributed by atoms with Crippen LogP contribution >= 0.6 is 15.9 Å². The van der Waals surface area contributed by atoms with Gasteiger partial charge in [-0.3, -0.25) is 0 Å². The van der Waals surface area contributed by atoms with Crippen molar-refractivity contribution in [2.24, 2.45) is 0 Å². The average Bonchev–Trinajstić information content (AvgIpc) is 2.47. The van der Waals surface area contributed by atoms with E-state index in [1.165, 1.54) is 0 Å². The molecule has 0 aromatic heterocycles. The Balaban J connectivity index is 2.20. The first-order chi connectivity index (χ1) is 9.63. The zero-order valence-corrected chi connectivity index (χ0v) is 12.4. The summed E-state index contributed by atoms with van der Waals surface area (Å²) in [6.07, 6.45) is -0.137. The van der Waals surface area contributed by atoms with Crippen molar-refractivity contribution < 1.29 is 4.74 Å². The third-order valence-corrected chi connectivity index (χ3v) is 3.41. The van der Waals surface area contributed by atoms with Crippen molar-refractivity contribution in [1.29, 1.82) is 10.5 Å². The number of hydrogen-bond donors (Lipinski definition) is 0. The molecule has 0 aliphatic heterocycles. The fourth-order valence-corrected chi connectivity index (χ4v) is 2.06. The predicted molar refractivity (Wildman–Crippen MR) is 79.1 cm³/mol. The standard InChI is InChI=1S/C16H11BrN2O/c1-11(12-2-5-15(17)6-3-12)20-16-7-4-13(9-18)14(8-16)10-19/h2-8,11H,1H3/t11-/m0/s1. The number of nitriles is 2. The van der Waals surface area contributed by atoms with Gasteiger partial charge in [-0.25, -0.2) is 0 Å². The lowest BCUT2D eigenvalue weighted by Gasteiger charge is -2.15. The molecule has 0 bridgehead atoms. The highest BCUT2D eigenvalue weighted by Crippen LogP contribution is 2.24. The van der Waals surface area contributed by atoms with E-state index in [-0.39, 0.29) is 6.10 Å². The average molecular weight is 327 g/mol. The Kier molecular flexibility index (Phi) is 4.40. The molecule has 20 heavy (non-hydrogen) atoms. The van der Waals surface area contributed by atoms with Crippen LogP contribution in [-0.4, -0.2) is 0 Å². The summed E-state index contributed by atoms with van der Waals surface area (Å²) in [6.45, 7) is 1.94. The fourth-order valence-electron chi connectivity index (χ4n) is 1.79. The Morgan fingerprint density at radius 1 is 1.00 bits per heavy atom. The summed E-state index contributed by atoms with van der Waals surface area (Å²) >= 11 is 3.39. The molecule has 0 saturated carbocycles. The number of hydrogen-bond acceptors (Lipinski definition) is 3. The van der Waals surface area contributed by atoms with E-state index in [1.807, 2.05) is 43.3 Å². The van der Waals surface area contributed by atoms with Crippen LogP contribution in [0.4, 0.5) is 0 Å². The summed E-state index contributed by atoms with van der Waals surface area (Å²) in [5.74, 6) is 0.580. The monoisotopic (exact) mass is 326 g/mol. The van der Waals surface area contributed by atoms with Crippen LogP contribution in [0.5, 0.6) is 5.75 Å². The van der Waals surface area contributed by atoms with Crippen molar-refractivity contribution >= 4 is 15.9 Å². The predicted octanol–water partition coefficient (Wildman–Crippen LogP) is 4.33. The normalized spacial score (nSPS) is 11.2. The van der Waals surface area contributed by atoms with Crippen molar-refractivity contribution in [3.63, 3.8) is 0 Å². The van der Waals surface area contributed by atoms with Gasteiger partial charge in [0.25, 0.3) is 0 Å². The van der Waals surface area contributed by atoms with Gasteiger partial charge in [0, 0.05) is 4.47 Å². The zero-order chi connectivity index (χ0) is 14.5. The Bertz CT molecular complexity index is 696. The largest absolute Gasteiger partial charge is 0.486 e. The van der Waals surface area contributed by atoms with Crippen molar-refractivity contribution in [2.75, 3.05) is 0 Å². The van der Waals surface area contributed by atoms with Gasteiger partial charge >= 0.3 is 0 Å². The van der Waals surface area contributed by atoms with Crippen LogP contribution in [0, 0.1) is 22.7 Å². The minimum absolute atomic E-state index is 0.137. The van der Waals surface area contributed by atoms with Gasteiger partial charge in [-0.05, 0) is 42.8 Å². The van der Waals surface area contributed by atoms with Gasteiger partial charge in [0.05, 0.1) is 11.1 Å². The van der Waals surface area contributed by atoms with Gasteiger partial charge in [-0.15, -0.1) is 0 Å². The molecule has 0 saturated heterocycles. The van der Waals surface area contributed by atoms with Gasteiger partial charge in [0.15, 0.2) is 0 Å². The maximum atomic E-state index is 8.99. The van der Waals surface area contributed by atoms with E-state index in [1.54, 1.807) is 18.2 Å². The summed E-state index contributed by atoms with van der Waals surface area (Å²) in [6, 6.07) is 16.7. The number of halogens is 1. The Hall–Kier alpha value is -2.30. The molecule has 0 aliphatic carbocycles. The van der Waals surface area contributed by atoms with E-state index in [0.717, 1.165) is 10.0 Å². The molecule has 3 nitrogen and oxygen atoms in total. The van der Waals surface area contributed by atoms with Crippen LogP contribution in [0.25, 0.3) is 0 Å². The third-order valence-electron chi connectivity index (χ3n) is 2.88. The van der Waals surface area contributed by atoms with Crippen LogP contribution < -0.4 is 4.74 Å². The molecule has 0 unspecified atom stereocenters. The van der Waals surface area contributed by atoms with Crippen molar-refractivity contribution in [3.8, 4) is 17.9 Å². The lowest BCUT2D eigenvalue weighted by atomic mass is 10.1. The molecule has 0 radical (unpaired) electrons. The highest BCUT2D eigenvalue weighted by Gasteiger charge is 2.09.